The number of nitrogens with one attached hydrogen (secondary N) is 1. The summed E-state index contributed by atoms with van der Waals surface area (Å²) in [5.41, 5.74) is 4.28. The first-order valence-corrected chi connectivity index (χ1v) is 9.28. The van der Waals surface area contributed by atoms with Crippen LogP contribution in [-0.2, 0) is 11.2 Å². The van der Waals surface area contributed by atoms with Gasteiger partial charge < -0.3 is 9.29 Å². The van der Waals surface area contributed by atoms with E-state index in [1.807, 2.05) is 61.5 Å². The number of H-pyrrole nitrogens is 1. The summed E-state index contributed by atoms with van der Waals surface area (Å²) < 4.78 is 18.4. The van der Waals surface area contributed by atoms with Crippen molar-refractivity contribution < 1.29 is 9.29 Å². The van der Waals surface area contributed by atoms with Crippen molar-refractivity contribution in [3.63, 3.8) is 0 Å². The van der Waals surface area contributed by atoms with Crippen LogP contribution in [0, 0.1) is 6.92 Å². The van der Waals surface area contributed by atoms with E-state index >= 15 is 0 Å². The molecule has 1 atom stereocenters. The molecule has 6 heteroatoms. The molecule has 0 aliphatic rings. The first-order chi connectivity index (χ1) is 12.7. The molecule has 1 N–H and O–H groups in total. The second kappa shape index (κ2) is 6.82. The highest BCUT2D eigenvalue weighted by atomic mass is 32.2. The van der Waals surface area contributed by atoms with E-state index < -0.39 is 11.2 Å². The smallest absolute Gasteiger partial charge is 0.327 e. The average Bonchev–Trinajstić information content (AvgIpc) is 3.10. The highest BCUT2D eigenvalue weighted by Crippen LogP contribution is 2.31. The first-order valence-electron chi connectivity index (χ1n) is 8.13. The summed E-state index contributed by atoms with van der Waals surface area (Å²) in [6.07, 6.45) is 1.76. The number of pyridine rings is 1. The summed E-state index contributed by atoms with van der Waals surface area (Å²) in [5, 5.41) is 0.411. The summed E-state index contributed by atoms with van der Waals surface area (Å²) >= 11 is -1.45. The highest BCUT2D eigenvalue weighted by molar-refractivity contribution is 7.91. The van der Waals surface area contributed by atoms with Crippen molar-refractivity contribution in [3.8, 4) is 17.0 Å². The van der Waals surface area contributed by atoms with Gasteiger partial charge in [0.1, 0.15) is 5.75 Å². The molecule has 0 amide bonds. The summed E-state index contributed by atoms with van der Waals surface area (Å²) in [7, 11) is 1.61. The van der Waals surface area contributed by atoms with Crippen LogP contribution in [0.1, 0.15) is 5.56 Å². The molecule has 0 radical (unpaired) electrons. The Kier molecular flexibility index (Phi) is 4.36. The molecular formula is C20H17N3O2S. The monoisotopic (exact) mass is 363 g/mol. The fraction of sp³-hybridized carbons (Fsp3) is 0.100. The molecule has 4 rings (SSSR count). The third-order valence-electron chi connectivity index (χ3n) is 4.12. The fourth-order valence-corrected chi connectivity index (χ4v) is 3.97. The van der Waals surface area contributed by atoms with Gasteiger partial charge in [-0.2, -0.15) is 4.98 Å². The molecule has 1 unspecified atom stereocenters. The van der Waals surface area contributed by atoms with Crippen molar-refractivity contribution in [2.24, 2.45) is 0 Å². The molecule has 0 aliphatic heterocycles. The number of nitrogens with zero attached hydrogens (tertiary/aromatic N) is 2. The van der Waals surface area contributed by atoms with E-state index in [0.717, 1.165) is 27.9 Å². The van der Waals surface area contributed by atoms with Crippen LogP contribution < -0.4 is 4.74 Å². The van der Waals surface area contributed by atoms with Crippen molar-refractivity contribution in [2.45, 2.75) is 17.0 Å². The minimum Gasteiger partial charge on any atom is -0.604 e. The lowest BCUT2D eigenvalue weighted by Gasteiger charge is -2.11. The van der Waals surface area contributed by atoms with Gasteiger partial charge in [-0.3, -0.25) is 9.97 Å². The molecule has 0 saturated heterocycles. The lowest BCUT2D eigenvalue weighted by Crippen LogP contribution is -2.06. The third kappa shape index (κ3) is 3.05. The molecular weight excluding hydrogens is 346 g/mol. The lowest BCUT2D eigenvalue weighted by atomic mass is 10.1. The molecule has 2 heterocycles. The molecule has 130 valence electrons. The number of ether oxygens (including phenoxy) is 1. The van der Waals surface area contributed by atoms with Crippen LogP contribution in [0.5, 0.6) is 5.75 Å². The maximum Gasteiger partial charge on any atom is 0.327 e. The summed E-state index contributed by atoms with van der Waals surface area (Å²) in [6, 6.07) is 17.0. The lowest BCUT2D eigenvalue weighted by molar-refractivity contribution is 0.415. The Balaban J connectivity index is 1.78. The Hall–Kier alpha value is -2.83. The van der Waals surface area contributed by atoms with E-state index in [-0.39, 0.29) is 0 Å². The normalized spacial score (nSPS) is 12.3. The van der Waals surface area contributed by atoms with Crippen molar-refractivity contribution in [1.82, 2.24) is 15.0 Å². The molecule has 5 nitrogen and oxygen atoms in total. The van der Waals surface area contributed by atoms with Crippen molar-refractivity contribution in [1.29, 1.82) is 0 Å². The Labute approximate surface area is 154 Å². The molecule has 0 saturated carbocycles. The van der Waals surface area contributed by atoms with Gasteiger partial charge in [-0.05, 0) is 48.9 Å². The van der Waals surface area contributed by atoms with Gasteiger partial charge in [0.15, 0.2) is 4.90 Å². The standard InChI is InChI=1S/C20H17N3O2S/c1-13-9-10-21-17(11-13)15-5-3-4-6-19(15)26(24)20-22-16-8-7-14(25-2)12-18(16)23-20/h3-12H,1-2H3,(H,22,23). The van der Waals surface area contributed by atoms with Crippen molar-refractivity contribution >= 4 is 22.2 Å². The van der Waals surface area contributed by atoms with E-state index in [1.54, 1.807) is 13.3 Å². The number of aromatic amines is 1. The molecule has 0 spiro atoms. The second-order valence-electron chi connectivity index (χ2n) is 5.91. The zero-order chi connectivity index (χ0) is 18.1. The SMILES string of the molecule is COc1ccc2[nH]c([S+]([O-])c3ccccc3-c3cc(C)ccn3)nc2c1. The quantitative estimate of drug-likeness (QED) is 0.554. The van der Waals surface area contributed by atoms with Gasteiger partial charge in [-0.15, -0.1) is 0 Å². The molecule has 0 bridgehead atoms. The molecule has 26 heavy (non-hydrogen) atoms. The van der Waals surface area contributed by atoms with Crippen LogP contribution in [0.3, 0.4) is 0 Å². The van der Waals surface area contributed by atoms with Crippen LogP contribution in [0.2, 0.25) is 0 Å². The molecule has 0 fully saturated rings. The van der Waals surface area contributed by atoms with Gasteiger partial charge in [0.05, 0.1) is 40.6 Å². The molecule has 0 aliphatic carbocycles. The number of hydrogen-bond donors (Lipinski definition) is 1. The topological polar surface area (TPSA) is 73.9 Å². The zero-order valence-corrected chi connectivity index (χ0v) is 15.2. The Bertz CT molecular complexity index is 1080. The first kappa shape index (κ1) is 16.6. The number of benzene rings is 2. The zero-order valence-electron chi connectivity index (χ0n) is 14.4. The van der Waals surface area contributed by atoms with Gasteiger partial charge in [-0.25, -0.2) is 0 Å². The molecule has 2 aromatic heterocycles. The average molecular weight is 363 g/mol. The second-order valence-corrected chi connectivity index (χ2v) is 7.27. The van der Waals surface area contributed by atoms with Crippen LogP contribution >= 0.6 is 0 Å². The van der Waals surface area contributed by atoms with Crippen LogP contribution in [0.15, 0.2) is 70.8 Å². The van der Waals surface area contributed by atoms with Gasteiger partial charge in [0.2, 0.25) is 0 Å². The summed E-state index contributed by atoms with van der Waals surface area (Å²) in [6.45, 7) is 2.01. The Morgan fingerprint density at radius 2 is 1.92 bits per heavy atom. The number of rotatable bonds is 4. The number of aromatic nitrogens is 3. The number of hydrogen-bond acceptors (Lipinski definition) is 4. The predicted molar refractivity (Wildman–Crippen MR) is 102 cm³/mol. The maximum atomic E-state index is 13.2. The van der Waals surface area contributed by atoms with E-state index in [0.29, 0.717) is 15.8 Å². The number of imidazole rings is 1. The van der Waals surface area contributed by atoms with Crippen LogP contribution in [0.4, 0.5) is 0 Å². The third-order valence-corrected chi connectivity index (χ3v) is 5.42. The maximum absolute atomic E-state index is 13.2. The van der Waals surface area contributed by atoms with E-state index in [9.17, 15) is 4.55 Å². The molecule has 4 aromatic rings. The predicted octanol–water partition coefficient (Wildman–Crippen LogP) is 4.11. The number of methoxy groups -OCH3 is 1. The molecule has 2 aromatic carbocycles. The van der Waals surface area contributed by atoms with Crippen LogP contribution in [-0.4, -0.2) is 26.6 Å². The van der Waals surface area contributed by atoms with E-state index in [4.69, 9.17) is 4.74 Å². The van der Waals surface area contributed by atoms with Gasteiger partial charge in [0, 0.05) is 12.3 Å². The highest BCUT2D eigenvalue weighted by Gasteiger charge is 2.24. The fourth-order valence-electron chi connectivity index (χ4n) is 2.80. The summed E-state index contributed by atoms with van der Waals surface area (Å²) in [5.74, 6) is 0.714. The number of fused-ring (bicyclic) bond motifs is 1. The van der Waals surface area contributed by atoms with Crippen molar-refractivity contribution in [3.05, 3.63) is 66.4 Å². The number of aryl methyl sites for hydroxylation is 1. The van der Waals surface area contributed by atoms with E-state index in [2.05, 4.69) is 15.0 Å². The van der Waals surface area contributed by atoms with Crippen LogP contribution in [0.25, 0.3) is 22.3 Å². The Morgan fingerprint density at radius 1 is 1.08 bits per heavy atom. The van der Waals surface area contributed by atoms with Gasteiger partial charge in [0.25, 0.3) is 0 Å². The van der Waals surface area contributed by atoms with Gasteiger partial charge in [-0.1, -0.05) is 12.1 Å². The van der Waals surface area contributed by atoms with Crippen molar-refractivity contribution in [2.75, 3.05) is 7.11 Å². The minimum absolute atomic E-state index is 0.411. The Morgan fingerprint density at radius 3 is 2.73 bits per heavy atom. The van der Waals surface area contributed by atoms with E-state index in [1.165, 1.54) is 0 Å². The summed E-state index contributed by atoms with van der Waals surface area (Å²) in [4.78, 5) is 12.7. The largest absolute Gasteiger partial charge is 0.604 e. The minimum atomic E-state index is -1.45. The van der Waals surface area contributed by atoms with Gasteiger partial charge >= 0.3 is 5.16 Å².